The molecule has 0 fully saturated rings. The van der Waals surface area contributed by atoms with Crippen LogP contribution in [0.3, 0.4) is 0 Å². The van der Waals surface area contributed by atoms with Gasteiger partial charge in [-0.25, -0.2) is 9.78 Å². The van der Waals surface area contributed by atoms with Gasteiger partial charge in [0.25, 0.3) is 0 Å². The minimum atomic E-state index is -4.79. The quantitative estimate of drug-likeness (QED) is 0.665. The maximum atomic E-state index is 13.0. The van der Waals surface area contributed by atoms with E-state index < -0.39 is 46.2 Å². The summed E-state index contributed by atoms with van der Waals surface area (Å²) in [6.07, 6.45) is -8.63. The lowest BCUT2D eigenvalue weighted by Crippen LogP contribution is -2.12. The van der Waals surface area contributed by atoms with Crippen molar-refractivity contribution in [2.75, 3.05) is 0 Å². The molecule has 1 aromatic carbocycles. The summed E-state index contributed by atoms with van der Waals surface area (Å²) in [7, 11) is 0. The fraction of sp³-hybridized carbons (Fsp3) is 0.214. The van der Waals surface area contributed by atoms with Gasteiger partial charge in [-0.3, -0.25) is 9.97 Å². The summed E-state index contributed by atoms with van der Waals surface area (Å²) < 4.78 is 82.5. The van der Waals surface area contributed by atoms with Crippen molar-refractivity contribution in [1.29, 1.82) is 0 Å². The lowest BCUT2D eigenvalue weighted by Gasteiger charge is -2.12. The lowest BCUT2D eigenvalue weighted by atomic mass is 10.1. The first-order chi connectivity index (χ1) is 11.5. The Balaban J connectivity index is 2.30. The molecule has 0 bridgehead atoms. The zero-order valence-corrected chi connectivity index (χ0v) is 12.2. The highest BCUT2D eigenvalue weighted by atomic mass is 19.4. The second-order valence-electron chi connectivity index (χ2n) is 5.06. The molecule has 0 radical (unpaired) electrons. The Morgan fingerprint density at radius 1 is 1.08 bits per heavy atom. The van der Waals surface area contributed by atoms with Crippen LogP contribution in [0.4, 0.5) is 26.3 Å². The molecule has 0 saturated carbocycles. The molecule has 3 rings (SSSR count). The van der Waals surface area contributed by atoms with Crippen LogP contribution in [0.15, 0.2) is 27.5 Å². The highest BCUT2D eigenvalue weighted by molar-refractivity contribution is 5.91. The summed E-state index contributed by atoms with van der Waals surface area (Å²) in [6.45, 7) is 1.10. The van der Waals surface area contributed by atoms with Gasteiger partial charge in [-0.15, -0.1) is 0 Å². The molecule has 2 aromatic heterocycles. The predicted molar refractivity (Wildman–Crippen MR) is 72.6 cm³/mol. The second kappa shape index (κ2) is 5.33. The van der Waals surface area contributed by atoms with Gasteiger partial charge in [0, 0.05) is 5.56 Å². The summed E-state index contributed by atoms with van der Waals surface area (Å²) in [5.74, 6) is -1.18. The van der Waals surface area contributed by atoms with Gasteiger partial charge >= 0.3 is 18.1 Å². The molecule has 0 spiro atoms. The normalized spacial score (nSPS) is 12.8. The van der Waals surface area contributed by atoms with Gasteiger partial charge in [-0.2, -0.15) is 26.3 Å². The zero-order valence-electron chi connectivity index (χ0n) is 12.2. The Hall–Kier alpha value is -2.85. The van der Waals surface area contributed by atoms with Gasteiger partial charge in [0.05, 0.1) is 23.1 Å². The summed E-state index contributed by atoms with van der Waals surface area (Å²) in [4.78, 5) is 20.2. The van der Waals surface area contributed by atoms with Crippen molar-refractivity contribution in [2.45, 2.75) is 19.3 Å². The van der Waals surface area contributed by atoms with Crippen molar-refractivity contribution < 1.29 is 30.8 Å². The molecular formula is C14H7F6N3O2. The summed E-state index contributed by atoms with van der Waals surface area (Å²) in [5.41, 5.74) is -4.69. The van der Waals surface area contributed by atoms with Crippen LogP contribution in [-0.2, 0) is 12.4 Å². The van der Waals surface area contributed by atoms with Crippen LogP contribution < -0.4 is 5.76 Å². The molecular weight excluding hydrogens is 356 g/mol. The first kappa shape index (κ1) is 17.0. The van der Waals surface area contributed by atoms with Gasteiger partial charge in [-0.05, 0) is 19.1 Å². The number of nitrogens with one attached hydrogen (secondary N) is 1. The number of H-pyrrole nitrogens is 1. The van der Waals surface area contributed by atoms with E-state index in [2.05, 4.69) is 14.4 Å². The third kappa shape index (κ3) is 2.96. The fourth-order valence-electron chi connectivity index (χ4n) is 2.32. The molecule has 0 aliphatic heterocycles. The molecule has 132 valence electrons. The van der Waals surface area contributed by atoms with Crippen molar-refractivity contribution in [3.63, 3.8) is 0 Å². The molecule has 0 unspecified atom stereocenters. The minimum absolute atomic E-state index is 0.223. The number of aryl methyl sites for hydroxylation is 1. The van der Waals surface area contributed by atoms with E-state index in [1.54, 1.807) is 0 Å². The number of rotatable bonds is 1. The SMILES string of the molecule is Cc1ncc(-c2ccc(C(F)(F)F)c3[nH]c(=O)oc23)nc1C(F)(F)F. The Morgan fingerprint density at radius 2 is 1.76 bits per heavy atom. The monoisotopic (exact) mass is 363 g/mol. The number of aromatic amines is 1. The highest BCUT2D eigenvalue weighted by Crippen LogP contribution is 2.38. The van der Waals surface area contributed by atoms with Crippen LogP contribution in [0.5, 0.6) is 0 Å². The van der Waals surface area contributed by atoms with E-state index >= 15 is 0 Å². The summed E-state index contributed by atoms with van der Waals surface area (Å²) in [5, 5.41) is 0. The molecule has 0 aliphatic carbocycles. The molecule has 0 atom stereocenters. The fourth-order valence-corrected chi connectivity index (χ4v) is 2.32. The largest absolute Gasteiger partial charge is 0.435 e. The van der Waals surface area contributed by atoms with Crippen LogP contribution >= 0.6 is 0 Å². The Bertz CT molecular complexity index is 1020. The maximum absolute atomic E-state index is 13.0. The lowest BCUT2D eigenvalue weighted by molar-refractivity contribution is -0.142. The van der Waals surface area contributed by atoms with Crippen LogP contribution in [-0.4, -0.2) is 15.0 Å². The molecule has 0 aliphatic rings. The number of nitrogens with zero attached hydrogens (tertiary/aromatic N) is 2. The number of hydrogen-bond acceptors (Lipinski definition) is 4. The van der Waals surface area contributed by atoms with Crippen molar-refractivity contribution in [3.05, 3.63) is 45.8 Å². The summed E-state index contributed by atoms with van der Waals surface area (Å²) in [6, 6.07) is 1.50. The number of hydrogen-bond donors (Lipinski definition) is 1. The molecule has 11 heteroatoms. The molecule has 2 heterocycles. The summed E-state index contributed by atoms with van der Waals surface area (Å²) >= 11 is 0. The van der Waals surface area contributed by atoms with E-state index in [4.69, 9.17) is 0 Å². The average Bonchev–Trinajstić information content (AvgIpc) is 2.85. The minimum Gasteiger partial charge on any atom is -0.407 e. The van der Waals surface area contributed by atoms with Crippen molar-refractivity contribution in [3.8, 4) is 11.3 Å². The topological polar surface area (TPSA) is 71.8 Å². The first-order valence-electron chi connectivity index (χ1n) is 6.62. The standard InChI is InChI=1S/C14H7F6N3O2/c1-5-11(14(18,19)20)22-8(4-21-5)6-2-3-7(13(15,16)17)9-10(6)25-12(24)23-9/h2-4H,1H3,(H,23,24). The van der Waals surface area contributed by atoms with Gasteiger partial charge in [0.15, 0.2) is 11.3 Å². The predicted octanol–water partition coefficient (Wildman–Crippen LogP) is 3.92. The van der Waals surface area contributed by atoms with Crippen LogP contribution in [0.25, 0.3) is 22.4 Å². The third-order valence-electron chi connectivity index (χ3n) is 3.38. The van der Waals surface area contributed by atoms with E-state index in [0.717, 1.165) is 19.2 Å². The zero-order chi connectivity index (χ0) is 18.6. The van der Waals surface area contributed by atoms with E-state index in [9.17, 15) is 31.1 Å². The number of halogens is 6. The Kier molecular flexibility index (Phi) is 3.62. The number of fused-ring (bicyclic) bond motifs is 1. The number of oxazole rings is 1. The number of aromatic nitrogens is 3. The van der Waals surface area contributed by atoms with E-state index in [1.807, 2.05) is 4.98 Å². The van der Waals surface area contributed by atoms with Gasteiger partial charge in [0.2, 0.25) is 0 Å². The van der Waals surface area contributed by atoms with Crippen molar-refractivity contribution in [1.82, 2.24) is 15.0 Å². The first-order valence-corrected chi connectivity index (χ1v) is 6.62. The van der Waals surface area contributed by atoms with Crippen LogP contribution in [0.2, 0.25) is 0 Å². The molecule has 25 heavy (non-hydrogen) atoms. The van der Waals surface area contributed by atoms with E-state index in [-0.39, 0.29) is 11.3 Å². The van der Waals surface area contributed by atoms with E-state index in [0.29, 0.717) is 6.07 Å². The van der Waals surface area contributed by atoms with E-state index in [1.165, 1.54) is 0 Å². The van der Waals surface area contributed by atoms with Crippen molar-refractivity contribution in [2.24, 2.45) is 0 Å². The molecule has 0 saturated heterocycles. The number of alkyl halides is 6. The van der Waals surface area contributed by atoms with Gasteiger partial charge < -0.3 is 4.42 Å². The third-order valence-corrected chi connectivity index (χ3v) is 3.38. The van der Waals surface area contributed by atoms with Crippen LogP contribution in [0.1, 0.15) is 17.0 Å². The number of benzene rings is 1. The molecule has 1 N–H and O–H groups in total. The Morgan fingerprint density at radius 3 is 2.36 bits per heavy atom. The molecule has 3 aromatic rings. The molecule has 0 amide bonds. The van der Waals surface area contributed by atoms with Crippen molar-refractivity contribution >= 4 is 11.1 Å². The second-order valence-corrected chi connectivity index (χ2v) is 5.06. The smallest absolute Gasteiger partial charge is 0.407 e. The Labute approximate surface area is 134 Å². The van der Waals surface area contributed by atoms with Gasteiger partial charge in [0.1, 0.15) is 5.52 Å². The highest BCUT2D eigenvalue weighted by Gasteiger charge is 2.37. The maximum Gasteiger partial charge on any atom is 0.435 e. The average molecular weight is 363 g/mol. The molecule has 5 nitrogen and oxygen atoms in total. The van der Waals surface area contributed by atoms with Gasteiger partial charge in [-0.1, -0.05) is 0 Å². The van der Waals surface area contributed by atoms with Crippen LogP contribution in [0, 0.1) is 6.92 Å².